The summed E-state index contributed by atoms with van der Waals surface area (Å²) in [4.78, 5) is 12.0. The van der Waals surface area contributed by atoms with Crippen molar-refractivity contribution in [1.82, 2.24) is 0 Å². The molecule has 0 aromatic heterocycles. The van der Waals surface area contributed by atoms with Crippen LogP contribution in [0.1, 0.15) is 36.8 Å². The van der Waals surface area contributed by atoms with Gasteiger partial charge in [-0.2, -0.15) is 0 Å². The minimum Gasteiger partial charge on any atom is -0.294 e. The van der Waals surface area contributed by atoms with Crippen molar-refractivity contribution in [3.8, 4) is 0 Å². The van der Waals surface area contributed by atoms with Gasteiger partial charge < -0.3 is 0 Å². The van der Waals surface area contributed by atoms with Crippen LogP contribution < -0.4 is 0 Å². The molecule has 2 heteroatoms. The molecule has 0 unspecified atom stereocenters. The molecule has 17 heavy (non-hydrogen) atoms. The third-order valence-corrected chi connectivity index (χ3v) is 3.30. The highest BCUT2D eigenvalue weighted by molar-refractivity contribution is 5.97. The Morgan fingerprint density at radius 1 is 1.35 bits per heavy atom. The monoisotopic (exact) mass is 232 g/mol. The van der Waals surface area contributed by atoms with Crippen LogP contribution in [0.2, 0.25) is 0 Å². The summed E-state index contributed by atoms with van der Waals surface area (Å²) >= 11 is 0. The second-order valence-corrected chi connectivity index (χ2v) is 4.65. The fraction of sp³-hybridized carbons (Fsp3) is 0.400. The van der Waals surface area contributed by atoms with E-state index in [-0.39, 0.29) is 11.6 Å². The van der Waals surface area contributed by atoms with Crippen molar-refractivity contribution in [3.63, 3.8) is 0 Å². The molecule has 1 aliphatic rings. The summed E-state index contributed by atoms with van der Waals surface area (Å²) in [6, 6.07) is 4.62. The first-order valence-corrected chi connectivity index (χ1v) is 6.14. The average molecular weight is 232 g/mol. The van der Waals surface area contributed by atoms with E-state index in [1.54, 1.807) is 6.07 Å². The molecule has 1 aliphatic carbocycles. The summed E-state index contributed by atoms with van der Waals surface area (Å²) in [5.74, 6) is -0.0463. The molecule has 0 heterocycles. The summed E-state index contributed by atoms with van der Waals surface area (Å²) in [6.45, 7) is 1.85. The highest BCUT2D eigenvalue weighted by Gasteiger charge is 2.13. The molecule has 0 aliphatic heterocycles. The lowest BCUT2D eigenvalue weighted by Crippen LogP contribution is -2.09. The molecule has 1 nitrogen and oxygen atoms in total. The van der Waals surface area contributed by atoms with Gasteiger partial charge in [0.25, 0.3) is 0 Å². The number of Topliss-reactive ketones (excluding diaryl/α,β-unsaturated/α-hetero) is 1. The van der Waals surface area contributed by atoms with Gasteiger partial charge in [-0.05, 0) is 61.4 Å². The number of ketones is 1. The van der Waals surface area contributed by atoms with Gasteiger partial charge in [-0.3, -0.25) is 4.79 Å². The molecule has 1 aromatic carbocycles. The van der Waals surface area contributed by atoms with Crippen molar-refractivity contribution in [2.24, 2.45) is 0 Å². The molecular weight excluding hydrogens is 215 g/mol. The third kappa shape index (κ3) is 3.02. The maximum atomic E-state index is 12.9. The lowest BCUT2D eigenvalue weighted by molar-refractivity contribution is -0.115. The van der Waals surface area contributed by atoms with Crippen molar-refractivity contribution >= 4 is 5.78 Å². The Morgan fingerprint density at radius 3 is 2.82 bits per heavy atom. The molecular formula is C15H17FO. The minimum absolute atomic E-state index is 0.194. The molecule has 0 radical (unpaired) electrons. The zero-order valence-corrected chi connectivity index (χ0v) is 10.1. The second kappa shape index (κ2) is 5.26. The largest absolute Gasteiger partial charge is 0.294 e. The number of hydrogen-bond donors (Lipinski definition) is 0. The quantitative estimate of drug-likeness (QED) is 0.775. The van der Waals surface area contributed by atoms with Gasteiger partial charge in [0.1, 0.15) is 5.82 Å². The zero-order chi connectivity index (χ0) is 12.3. The lowest BCUT2D eigenvalue weighted by atomic mass is 9.92. The number of benzene rings is 1. The molecule has 0 fully saturated rings. The summed E-state index contributed by atoms with van der Waals surface area (Å²) in [7, 11) is 0. The van der Waals surface area contributed by atoms with Crippen LogP contribution in [0.4, 0.5) is 4.39 Å². The Balaban J connectivity index is 2.10. The number of hydrogen-bond acceptors (Lipinski definition) is 1. The van der Waals surface area contributed by atoms with Crippen LogP contribution >= 0.6 is 0 Å². The number of carbonyl (C=O) groups is 1. The summed E-state index contributed by atoms with van der Waals surface area (Å²) in [5, 5.41) is 0. The lowest BCUT2D eigenvalue weighted by Gasteiger charge is -2.12. The Bertz CT molecular complexity index is 460. The first kappa shape index (κ1) is 12.0. The van der Waals surface area contributed by atoms with Crippen molar-refractivity contribution < 1.29 is 9.18 Å². The highest BCUT2D eigenvalue weighted by atomic mass is 19.1. The van der Waals surface area contributed by atoms with Gasteiger partial charge in [0.05, 0.1) is 0 Å². The summed E-state index contributed by atoms with van der Waals surface area (Å²) in [5.41, 5.74) is 2.75. The summed E-state index contributed by atoms with van der Waals surface area (Å²) in [6.07, 6.45) is 6.68. The number of aryl methyl sites for hydroxylation is 1. The van der Waals surface area contributed by atoms with E-state index in [2.05, 4.69) is 6.08 Å². The van der Waals surface area contributed by atoms with Gasteiger partial charge in [-0.15, -0.1) is 0 Å². The van der Waals surface area contributed by atoms with Crippen LogP contribution in [0.3, 0.4) is 0 Å². The van der Waals surface area contributed by atoms with Crippen molar-refractivity contribution in [2.45, 2.75) is 39.0 Å². The van der Waals surface area contributed by atoms with Gasteiger partial charge in [0.2, 0.25) is 0 Å². The zero-order valence-electron chi connectivity index (χ0n) is 10.1. The van der Waals surface area contributed by atoms with E-state index >= 15 is 0 Å². The van der Waals surface area contributed by atoms with Crippen LogP contribution in [-0.4, -0.2) is 5.78 Å². The third-order valence-electron chi connectivity index (χ3n) is 3.30. The number of carbonyl (C=O) groups excluding carboxylic acids is 1. The molecule has 0 saturated heterocycles. The Kier molecular flexibility index (Phi) is 3.72. The topological polar surface area (TPSA) is 17.1 Å². The molecule has 0 amide bonds. The second-order valence-electron chi connectivity index (χ2n) is 4.65. The standard InChI is InChI=1S/C15H17FO/c1-11-9-14(16)8-7-13(11)10-15(17)12-5-3-2-4-6-12/h5,7-9H,2-4,6,10H2,1H3. The molecule has 0 saturated carbocycles. The van der Waals surface area contributed by atoms with E-state index < -0.39 is 0 Å². The van der Waals surface area contributed by atoms with Gasteiger partial charge >= 0.3 is 0 Å². The summed E-state index contributed by atoms with van der Waals surface area (Å²) < 4.78 is 12.9. The fourth-order valence-electron chi connectivity index (χ4n) is 2.24. The van der Waals surface area contributed by atoms with Crippen LogP contribution in [0.25, 0.3) is 0 Å². The van der Waals surface area contributed by atoms with Crippen LogP contribution in [0.5, 0.6) is 0 Å². The first-order chi connectivity index (χ1) is 8.16. The minimum atomic E-state index is -0.240. The van der Waals surface area contributed by atoms with Crippen molar-refractivity contribution in [2.75, 3.05) is 0 Å². The Hall–Kier alpha value is -1.44. The van der Waals surface area contributed by atoms with Gasteiger partial charge in [-0.25, -0.2) is 4.39 Å². The molecule has 0 N–H and O–H groups in total. The van der Waals surface area contributed by atoms with E-state index in [4.69, 9.17) is 0 Å². The normalized spacial score (nSPS) is 15.5. The average Bonchev–Trinajstić information content (AvgIpc) is 2.34. The number of rotatable bonds is 3. The van der Waals surface area contributed by atoms with E-state index in [1.165, 1.54) is 18.6 Å². The predicted octanol–water partition coefficient (Wildman–Crippen LogP) is 3.75. The molecule has 0 atom stereocenters. The Morgan fingerprint density at radius 2 is 2.18 bits per heavy atom. The van der Waals surface area contributed by atoms with E-state index in [9.17, 15) is 9.18 Å². The molecule has 0 spiro atoms. The van der Waals surface area contributed by atoms with Gasteiger partial charge in [-0.1, -0.05) is 12.1 Å². The van der Waals surface area contributed by atoms with E-state index in [1.807, 2.05) is 6.92 Å². The smallest absolute Gasteiger partial charge is 0.162 e. The Labute approximate surface area is 101 Å². The predicted molar refractivity (Wildman–Crippen MR) is 66.4 cm³/mol. The number of halogens is 1. The molecule has 1 aromatic rings. The maximum absolute atomic E-state index is 12.9. The van der Waals surface area contributed by atoms with Crippen LogP contribution in [-0.2, 0) is 11.2 Å². The SMILES string of the molecule is Cc1cc(F)ccc1CC(=O)C1=CCCCC1. The van der Waals surface area contributed by atoms with Crippen LogP contribution in [0.15, 0.2) is 29.8 Å². The van der Waals surface area contributed by atoms with Gasteiger partial charge in [0.15, 0.2) is 5.78 Å². The molecule has 2 rings (SSSR count). The fourth-order valence-corrected chi connectivity index (χ4v) is 2.24. The van der Waals surface area contributed by atoms with E-state index in [0.717, 1.165) is 36.0 Å². The van der Waals surface area contributed by atoms with E-state index in [0.29, 0.717) is 6.42 Å². The first-order valence-electron chi connectivity index (χ1n) is 6.14. The highest BCUT2D eigenvalue weighted by Crippen LogP contribution is 2.20. The van der Waals surface area contributed by atoms with Gasteiger partial charge in [0, 0.05) is 6.42 Å². The number of allylic oxidation sites excluding steroid dienone is 2. The van der Waals surface area contributed by atoms with Crippen molar-refractivity contribution in [3.05, 3.63) is 46.8 Å². The van der Waals surface area contributed by atoms with Crippen LogP contribution in [0, 0.1) is 12.7 Å². The van der Waals surface area contributed by atoms with Crippen molar-refractivity contribution in [1.29, 1.82) is 0 Å². The molecule has 90 valence electrons. The maximum Gasteiger partial charge on any atom is 0.162 e. The molecule has 0 bridgehead atoms.